The van der Waals surface area contributed by atoms with Gasteiger partial charge in [-0.2, -0.15) is 0 Å². The van der Waals surface area contributed by atoms with Crippen molar-refractivity contribution in [2.45, 2.75) is 39.7 Å². The third-order valence-corrected chi connectivity index (χ3v) is 2.50. The van der Waals surface area contributed by atoms with Gasteiger partial charge in [0.25, 0.3) is 0 Å². The van der Waals surface area contributed by atoms with Crippen LogP contribution in [-0.2, 0) is 9.59 Å². The summed E-state index contributed by atoms with van der Waals surface area (Å²) >= 11 is 0. The maximum Gasteiger partial charge on any atom is 0.304 e. The molecule has 0 spiro atoms. The van der Waals surface area contributed by atoms with Gasteiger partial charge in [0.05, 0.1) is 12.5 Å². The maximum absolute atomic E-state index is 11.6. The highest BCUT2D eigenvalue weighted by Crippen LogP contribution is 2.00. The summed E-state index contributed by atoms with van der Waals surface area (Å²) in [6, 6.07) is -0.268. The molecule has 0 aromatic heterocycles. The van der Waals surface area contributed by atoms with Crippen LogP contribution < -0.4 is 5.32 Å². The van der Waals surface area contributed by atoms with E-state index in [4.69, 9.17) is 5.11 Å². The second-order valence-corrected chi connectivity index (χ2v) is 3.74. The summed E-state index contributed by atoms with van der Waals surface area (Å²) in [6.07, 6.45) is 0.971. The van der Waals surface area contributed by atoms with E-state index in [0.29, 0.717) is 19.6 Å². The largest absolute Gasteiger partial charge is 0.481 e. The van der Waals surface area contributed by atoms with Crippen molar-refractivity contribution < 1.29 is 14.7 Å². The Balaban J connectivity index is 4.12. The second-order valence-electron chi connectivity index (χ2n) is 3.74. The molecular weight excluding hydrogens is 208 g/mol. The molecule has 0 bridgehead atoms. The van der Waals surface area contributed by atoms with E-state index in [1.165, 1.54) is 0 Å². The van der Waals surface area contributed by atoms with Gasteiger partial charge in [-0.05, 0) is 19.9 Å². The predicted molar refractivity (Wildman–Crippen MR) is 62.3 cm³/mol. The van der Waals surface area contributed by atoms with Gasteiger partial charge >= 0.3 is 5.97 Å². The molecule has 0 aromatic rings. The standard InChI is InChI=1S/C11H22N2O3/c1-4-7-12-11(16)9(3)13(5-2)8-6-10(14)15/h9H,4-8H2,1-3H3,(H,12,16)(H,14,15). The molecular formula is C11H22N2O3. The Hall–Kier alpha value is -1.10. The topological polar surface area (TPSA) is 69.6 Å². The fourth-order valence-electron chi connectivity index (χ4n) is 1.43. The summed E-state index contributed by atoms with van der Waals surface area (Å²) in [4.78, 5) is 24.0. The average Bonchev–Trinajstić information content (AvgIpc) is 2.25. The lowest BCUT2D eigenvalue weighted by Gasteiger charge is -2.26. The third-order valence-electron chi connectivity index (χ3n) is 2.50. The van der Waals surface area contributed by atoms with Crippen LogP contribution in [0, 0.1) is 0 Å². The van der Waals surface area contributed by atoms with E-state index in [9.17, 15) is 9.59 Å². The van der Waals surface area contributed by atoms with Crippen molar-refractivity contribution in [1.82, 2.24) is 10.2 Å². The molecule has 0 aromatic carbocycles. The van der Waals surface area contributed by atoms with Crippen molar-refractivity contribution in [1.29, 1.82) is 0 Å². The van der Waals surface area contributed by atoms with Crippen LogP contribution in [0.1, 0.15) is 33.6 Å². The number of carbonyl (C=O) groups is 2. The van der Waals surface area contributed by atoms with Crippen LogP contribution in [0.2, 0.25) is 0 Å². The number of amides is 1. The van der Waals surface area contributed by atoms with E-state index in [1.54, 1.807) is 6.92 Å². The molecule has 16 heavy (non-hydrogen) atoms. The molecule has 0 heterocycles. The second kappa shape index (κ2) is 8.10. The Morgan fingerprint density at radius 2 is 2.00 bits per heavy atom. The van der Waals surface area contributed by atoms with Crippen LogP contribution in [0.15, 0.2) is 0 Å². The monoisotopic (exact) mass is 230 g/mol. The Morgan fingerprint density at radius 1 is 1.38 bits per heavy atom. The molecule has 94 valence electrons. The van der Waals surface area contributed by atoms with Gasteiger partial charge in [-0.1, -0.05) is 13.8 Å². The number of carboxylic acid groups (broad SMARTS) is 1. The molecule has 5 nitrogen and oxygen atoms in total. The molecule has 1 atom stereocenters. The van der Waals surface area contributed by atoms with E-state index >= 15 is 0 Å². The van der Waals surface area contributed by atoms with Crippen LogP contribution in [0.25, 0.3) is 0 Å². The molecule has 0 aliphatic heterocycles. The highest BCUT2D eigenvalue weighted by Gasteiger charge is 2.19. The fourth-order valence-corrected chi connectivity index (χ4v) is 1.43. The first-order valence-electron chi connectivity index (χ1n) is 5.76. The summed E-state index contributed by atoms with van der Waals surface area (Å²) in [5.41, 5.74) is 0. The van der Waals surface area contributed by atoms with E-state index < -0.39 is 5.97 Å². The molecule has 5 heteroatoms. The quantitative estimate of drug-likeness (QED) is 0.644. The van der Waals surface area contributed by atoms with Crippen molar-refractivity contribution >= 4 is 11.9 Å². The molecule has 0 saturated heterocycles. The maximum atomic E-state index is 11.6. The minimum absolute atomic E-state index is 0.0333. The van der Waals surface area contributed by atoms with Gasteiger partial charge < -0.3 is 10.4 Å². The molecule has 0 rings (SSSR count). The van der Waals surface area contributed by atoms with E-state index in [2.05, 4.69) is 5.32 Å². The van der Waals surface area contributed by atoms with Gasteiger partial charge in [-0.15, -0.1) is 0 Å². The van der Waals surface area contributed by atoms with Crippen molar-refractivity contribution in [2.75, 3.05) is 19.6 Å². The highest BCUT2D eigenvalue weighted by molar-refractivity contribution is 5.81. The molecule has 2 N–H and O–H groups in total. The summed E-state index contributed by atoms with van der Waals surface area (Å²) in [7, 11) is 0. The number of rotatable bonds is 8. The lowest BCUT2D eigenvalue weighted by Crippen LogP contribution is -2.45. The predicted octanol–water partition coefficient (Wildman–Crippen LogP) is 0.698. The number of carbonyl (C=O) groups excluding carboxylic acids is 1. The van der Waals surface area contributed by atoms with Crippen LogP contribution >= 0.6 is 0 Å². The van der Waals surface area contributed by atoms with Gasteiger partial charge in [0.15, 0.2) is 0 Å². The number of nitrogens with zero attached hydrogens (tertiary/aromatic N) is 1. The normalized spacial score (nSPS) is 12.5. The van der Waals surface area contributed by atoms with Gasteiger partial charge in [0, 0.05) is 13.1 Å². The summed E-state index contributed by atoms with van der Waals surface area (Å²) < 4.78 is 0. The molecule has 0 radical (unpaired) electrons. The average molecular weight is 230 g/mol. The first kappa shape index (κ1) is 14.9. The molecule has 0 aliphatic rings. The minimum atomic E-state index is -0.834. The molecule has 0 aliphatic carbocycles. The number of likely N-dealkylation sites (N-methyl/N-ethyl adjacent to an activating group) is 1. The third kappa shape index (κ3) is 5.70. The minimum Gasteiger partial charge on any atom is -0.481 e. The first-order valence-corrected chi connectivity index (χ1v) is 5.76. The Kier molecular flexibility index (Phi) is 7.54. The number of hydrogen-bond acceptors (Lipinski definition) is 3. The molecule has 1 amide bonds. The number of hydrogen-bond donors (Lipinski definition) is 2. The molecule has 1 unspecified atom stereocenters. The first-order chi connectivity index (χ1) is 7.52. The van der Waals surface area contributed by atoms with Crippen molar-refractivity contribution in [3.63, 3.8) is 0 Å². The zero-order valence-corrected chi connectivity index (χ0v) is 10.3. The van der Waals surface area contributed by atoms with Crippen molar-refractivity contribution in [2.24, 2.45) is 0 Å². The smallest absolute Gasteiger partial charge is 0.304 e. The van der Waals surface area contributed by atoms with Crippen LogP contribution in [0.5, 0.6) is 0 Å². The number of carboxylic acids is 1. The van der Waals surface area contributed by atoms with Crippen LogP contribution in [0.3, 0.4) is 0 Å². The lowest BCUT2D eigenvalue weighted by atomic mass is 10.2. The highest BCUT2D eigenvalue weighted by atomic mass is 16.4. The van der Waals surface area contributed by atoms with Crippen molar-refractivity contribution in [3.05, 3.63) is 0 Å². The van der Waals surface area contributed by atoms with Gasteiger partial charge in [-0.25, -0.2) is 0 Å². The fraction of sp³-hybridized carbons (Fsp3) is 0.818. The summed E-state index contributed by atoms with van der Waals surface area (Å²) in [5, 5.41) is 11.4. The SMILES string of the molecule is CCCNC(=O)C(C)N(CC)CCC(=O)O. The van der Waals surface area contributed by atoms with E-state index in [1.807, 2.05) is 18.7 Å². The lowest BCUT2D eigenvalue weighted by molar-refractivity contribution is -0.138. The van der Waals surface area contributed by atoms with Gasteiger partial charge in [0.1, 0.15) is 0 Å². The molecule has 0 saturated carbocycles. The Bertz CT molecular complexity index is 231. The van der Waals surface area contributed by atoms with Gasteiger partial charge in [0.2, 0.25) is 5.91 Å². The number of nitrogens with one attached hydrogen (secondary N) is 1. The summed E-state index contributed by atoms with van der Waals surface area (Å²) in [5.74, 6) is -0.867. The van der Waals surface area contributed by atoms with E-state index in [-0.39, 0.29) is 18.4 Å². The zero-order chi connectivity index (χ0) is 12.6. The Labute approximate surface area is 96.8 Å². The van der Waals surface area contributed by atoms with Crippen LogP contribution in [-0.4, -0.2) is 47.6 Å². The zero-order valence-electron chi connectivity index (χ0n) is 10.3. The van der Waals surface area contributed by atoms with Gasteiger partial charge in [-0.3, -0.25) is 14.5 Å². The summed E-state index contributed by atoms with van der Waals surface area (Å²) in [6.45, 7) is 7.47. The Morgan fingerprint density at radius 3 is 2.44 bits per heavy atom. The van der Waals surface area contributed by atoms with Crippen LogP contribution in [0.4, 0.5) is 0 Å². The van der Waals surface area contributed by atoms with Crippen molar-refractivity contribution in [3.8, 4) is 0 Å². The number of aliphatic carboxylic acids is 1. The van der Waals surface area contributed by atoms with E-state index in [0.717, 1.165) is 6.42 Å². The molecule has 0 fully saturated rings.